The molecular formula is C12H19N3O3. The summed E-state index contributed by atoms with van der Waals surface area (Å²) in [5.41, 5.74) is 1.60. The highest BCUT2D eigenvalue weighted by Gasteiger charge is 2.21. The van der Waals surface area contributed by atoms with Gasteiger partial charge in [0.1, 0.15) is 6.04 Å². The fourth-order valence-corrected chi connectivity index (χ4v) is 1.67. The normalized spacial score (nSPS) is 12.4. The smallest absolute Gasteiger partial charge is 0.326 e. The number of aliphatic carboxylic acids is 1. The molecular weight excluding hydrogens is 234 g/mol. The second-order valence-corrected chi connectivity index (χ2v) is 4.78. The predicted octanol–water partition coefficient (Wildman–Crippen LogP) is 0.876. The highest BCUT2D eigenvalue weighted by molar-refractivity contribution is 5.84. The van der Waals surface area contributed by atoms with Crippen LogP contribution < -0.4 is 5.32 Å². The summed E-state index contributed by atoms with van der Waals surface area (Å²) in [6.07, 6.45) is 2.14. The number of aryl methyl sites for hydroxylation is 1. The van der Waals surface area contributed by atoms with Gasteiger partial charge in [-0.05, 0) is 19.3 Å². The molecule has 0 bridgehead atoms. The Morgan fingerprint density at radius 3 is 2.61 bits per heavy atom. The molecule has 0 aliphatic heterocycles. The Bertz CT molecular complexity index is 426. The first kappa shape index (κ1) is 14.2. The van der Waals surface area contributed by atoms with Gasteiger partial charge in [-0.15, -0.1) is 0 Å². The van der Waals surface area contributed by atoms with E-state index in [0.717, 1.165) is 11.3 Å². The zero-order valence-corrected chi connectivity index (χ0v) is 10.9. The molecule has 18 heavy (non-hydrogen) atoms. The van der Waals surface area contributed by atoms with E-state index in [0.29, 0.717) is 6.42 Å². The number of carbonyl (C=O) groups is 2. The van der Waals surface area contributed by atoms with E-state index in [1.54, 1.807) is 6.20 Å². The number of amides is 1. The number of aromatic nitrogens is 2. The summed E-state index contributed by atoms with van der Waals surface area (Å²) in [4.78, 5) is 22.7. The Hall–Kier alpha value is -1.85. The third-order valence-electron chi connectivity index (χ3n) is 2.63. The Morgan fingerprint density at radius 1 is 1.50 bits per heavy atom. The molecule has 0 saturated heterocycles. The maximum absolute atomic E-state index is 11.7. The van der Waals surface area contributed by atoms with Gasteiger partial charge in [-0.1, -0.05) is 13.8 Å². The first-order valence-electron chi connectivity index (χ1n) is 5.91. The van der Waals surface area contributed by atoms with E-state index in [2.05, 4.69) is 15.5 Å². The molecule has 3 N–H and O–H groups in total. The van der Waals surface area contributed by atoms with E-state index < -0.39 is 12.0 Å². The number of carboxylic acid groups (broad SMARTS) is 1. The zero-order chi connectivity index (χ0) is 13.7. The first-order valence-corrected chi connectivity index (χ1v) is 5.91. The minimum atomic E-state index is -0.999. The molecule has 0 fully saturated rings. The number of aromatic amines is 1. The van der Waals surface area contributed by atoms with Gasteiger partial charge in [0, 0.05) is 11.3 Å². The fraction of sp³-hybridized carbons (Fsp3) is 0.583. The number of carboxylic acids is 1. The zero-order valence-electron chi connectivity index (χ0n) is 10.9. The molecule has 0 spiro atoms. The largest absolute Gasteiger partial charge is 0.480 e. The summed E-state index contributed by atoms with van der Waals surface area (Å²) in [5.74, 6) is -1.09. The van der Waals surface area contributed by atoms with E-state index in [1.807, 2.05) is 20.8 Å². The molecule has 0 saturated carbocycles. The fourth-order valence-electron chi connectivity index (χ4n) is 1.67. The molecule has 0 aliphatic rings. The maximum atomic E-state index is 11.7. The van der Waals surface area contributed by atoms with Gasteiger partial charge in [0.25, 0.3) is 0 Å². The summed E-state index contributed by atoms with van der Waals surface area (Å²) in [6, 6.07) is -0.829. The van der Waals surface area contributed by atoms with Gasteiger partial charge in [0.2, 0.25) is 5.91 Å². The second-order valence-electron chi connectivity index (χ2n) is 4.78. The van der Waals surface area contributed by atoms with Crippen LogP contribution in [0.4, 0.5) is 0 Å². The third-order valence-corrected chi connectivity index (χ3v) is 2.63. The van der Waals surface area contributed by atoms with E-state index in [4.69, 9.17) is 5.11 Å². The highest BCUT2D eigenvalue weighted by atomic mass is 16.4. The minimum absolute atomic E-state index is 0.143. The maximum Gasteiger partial charge on any atom is 0.326 e. The molecule has 1 heterocycles. The van der Waals surface area contributed by atoms with E-state index in [1.165, 1.54) is 0 Å². The van der Waals surface area contributed by atoms with Crippen molar-refractivity contribution in [3.05, 3.63) is 17.5 Å². The number of hydrogen-bond donors (Lipinski definition) is 3. The van der Waals surface area contributed by atoms with Gasteiger partial charge in [0.05, 0.1) is 12.6 Å². The number of hydrogen-bond acceptors (Lipinski definition) is 3. The molecule has 0 unspecified atom stereocenters. The van der Waals surface area contributed by atoms with Crippen LogP contribution in [0.3, 0.4) is 0 Å². The molecule has 6 nitrogen and oxygen atoms in total. The molecule has 1 rings (SSSR count). The van der Waals surface area contributed by atoms with Crippen molar-refractivity contribution in [1.29, 1.82) is 0 Å². The van der Waals surface area contributed by atoms with Crippen LogP contribution in [0.5, 0.6) is 0 Å². The number of carbonyl (C=O) groups excluding carboxylic acids is 1. The lowest BCUT2D eigenvalue weighted by molar-refractivity contribution is -0.142. The molecule has 0 aromatic carbocycles. The van der Waals surface area contributed by atoms with Crippen molar-refractivity contribution >= 4 is 11.9 Å². The topological polar surface area (TPSA) is 95.1 Å². The molecule has 6 heteroatoms. The average Bonchev–Trinajstić information content (AvgIpc) is 2.62. The Balaban J connectivity index is 2.56. The lowest BCUT2D eigenvalue weighted by Gasteiger charge is -2.16. The van der Waals surface area contributed by atoms with Crippen molar-refractivity contribution in [1.82, 2.24) is 15.5 Å². The van der Waals surface area contributed by atoms with Crippen LogP contribution in [-0.2, 0) is 16.0 Å². The van der Waals surface area contributed by atoms with Gasteiger partial charge >= 0.3 is 5.97 Å². The molecule has 1 aromatic rings. The number of H-pyrrole nitrogens is 1. The van der Waals surface area contributed by atoms with Crippen molar-refractivity contribution in [2.24, 2.45) is 5.92 Å². The Morgan fingerprint density at radius 2 is 2.17 bits per heavy atom. The van der Waals surface area contributed by atoms with Crippen LogP contribution in [0.25, 0.3) is 0 Å². The molecule has 1 aromatic heterocycles. The minimum Gasteiger partial charge on any atom is -0.480 e. The second kappa shape index (κ2) is 6.18. The summed E-state index contributed by atoms with van der Waals surface area (Å²) in [6.45, 7) is 5.66. The Labute approximate surface area is 106 Å². The van der Waals surface area contributed by atoms with Crippen LogP contribution in [0.1, 0.15) is 31.5 Å². The van der Waals surface area contributed by atoms with Crippen LogP contribution in [0, 0.1) is 12.8 Å². The molecule has 1 amide bonds. The highest BCUT2D eigenvalue weighted by Crippen LogP contribution is 2.07. The van der Waals surface area contributed by atoms with Gasteiger partial charge in [-0.3, -0.25) is 9.89 Å². The van der Waals surface area contributed by atoms with Crippen LogP contribution in [0.2, 0.25) is 0 Å². The van der Waals surface area contributed by atoms with Crippen LogP contribution in [-0.4, -0.2) is 33.2 Å². The van der Waals surface area contributed by atoms with E-state index in [9.17, 15) is 9.59 Å². The molecule has 0 radical (unpaired) electrons. The van der Waals surface area contributed by atoms with Gasteiger partial charge in [0.15, 0.2) is 0 Å². The third kappa shape index (κ3) is 4.20. The number of rotatable bonds is 6. The average molecular weight is 253 g/mol. The standard InChI is InChI=1S/C12H19N3O3/c1-7(2)4-10(12(17)18)14-11(16)5-9-6-13-15-8(9)3/h6-7,10H,4-5H2,1-3H3,(H,13,15)(H,14,16)(H,17,18)/t10-/m1/s1. The van der Waals surface area contributed by atoms with E-state index in [-0.39, 0.29) is 18.2 Å². The Kier molecular flexibility index (Phi) is 4.88. The predicted molar refractivity (Wildman–Crippen MR) is 66.1 cm³/mol. The summed E-state index contributed by atoms with van der Waals surface area (Å²) >= 11 is 0. The number of nitrogens with one attached hydrogen (secondary N) is 2. The van der Waals surface area contributed by atoms with Gasteiger partial charge in [-0.2, -0.15) is 5.10 Å². The lowest BCUT2D eigenvalue weighted by Crippen LogP contribution is -2.42. The van der Waals surface area contributed by atoms with Crippen LogP contribution in [0.15, 0.2) is 6.20 Å². The molecule has 0 aliphatic carbocycles. The number of nitrogens with zero attached hydrogens (tertiary/aromatic N) is 1. The van der Waals surface area contributed by atoms with Crippen molar-refractivity contribution in [3.8, 4) is 0 Å². The van der Waals surface area contributed by atoms with Crippen molar-refractivity contribution in [2.75, 3.05) is 0 Å². The summed E-state index contributed by atoms with van der Waals surface area (Å²) < 4.78 is 0. The van der Waals surface area contributed by atoms with Crippen LogP contribution >= 0.6 is 0 Å². The van der Waals surface area contributed by atoms with Gasteiger partial charge in [-0.25, -0.2) is 4.79 Å². The first-order chi connectivity index (χ1) is 8.40. The van der Waals surface area contributed by atoms with E-state index >= 15 is 0 Å². The molecule has 100 valence electrons. The monoisotopic (exact) mass is 253 g/mol. The molecule has 1 atom stereocenters. The van der Waals surface area contributed by atoms with Crippen molar-refractivity contribution in [3.63, 3.8) is 0 Å². The summed E-state index contributed by atoms with van der Waals surface area (Å²) in [5, 5.41) is 18.1. The van der Waals surface area contributed by atoms with Gasteiger partial charge < -0.3 is 10.4 Å². The summed E-state index contributed by atoms with van der Waals surface area (Å²) in [7, 11) is 0. The van der Waals surface area contributed by atoms with Crippen molar-refractivity contribution < 1.29 is 14.7 Å². The lowest BCUT2D eigenvalue weighted by atomic mass is 10.0. The SMILES string of the molecule is Cc1[nH]ncc1CC(=O)N[C@H](CC(C)C)C(=O)O. The van der Waals surface area contributed by atoms with Crippen molar-refractivity contribution in [2.45, 2.75) is 39.7 Å². The quantitative estimate of drug-likeness (QED) is 0.701.